The molecule has 3 amide bonds. The molecule has 1 aliphatic heterocycles. The van der Waals surface area contributed by atoms with Gasteiger partial charge in [0.25, 0.3) is 5.91 Å². The fourth-order valence-electron chi connectivity index (χ4n) is 2.88. The first-order valence-electron chi connectivity index (χ1n) is 8.96. The Balaban J connectivity index is 2.64. The van der Waals surface area contributed by atoms with Crippen LogP contribution >= 0.6 is 0 Å². The Kier molecular flexibility index (Phi) is 9.39. The molecule has 4 N–H and O–H groups in total. The average molecular weight is 410 g/mol. The number of piperidine rings is 1. The summed E-state index contributed by atoms with van der Waals surface area (Å²) in [4.78, 5) is 31.1. The number of urea groups is 1. The average Bonchev–Trinajstić information content (AvgIpc) is 2.59. The van der Waals surface area contributed by atoms with Crippen molar-refractivity contribution in [1.82, 2.24) is 21.2 Å². The number of rotatable bonds is 10. The van der Waals surface area contributed by atoms with Crippen molar-refractivity contribution in [3.63, 3.8) is 0 Å². The normalized spacial score (nSPS) is 17.8. The topological polar surface area (TPSA) is 146 Å². The Labute approximate surface area is 160 Å². The highest BCUT2D eigenvalue weighted by molar-refractivity contribution is 7.80. The van der Waals surface area contributed by atoms with Crippen molar-refractivity contribution in [3.8, 4) is 0 Å². The van der Waals surface area contributed by atoms with Gasteiger partial charge >= 0.3 is 16.4 Å². The molecule has 0 unspecified atom stereocenters. The number of carbonyl (C=O) groups is 2. The van der Waals surface area contributed by atoms with Gasteiger partial charge < -0.3 is 10.2 Å². The minimum atomic E-state index is -4.84. The Morgan fingerprint density at radius 1 is 1.26 bits per heavy atom. The van der Waals surface area contributed by atoms with Crippen LogP contribution in [0.2, 0.25) is 0 Å². The summed E-state index contributed by atoms with van der Waals surface area (Å²) in [6.07, 6.45) is 2.80. The van der Waals surface area contributed by atoms with Crippen LogP contribution in [0.5, 0.6) is 0 Å². The smallest absolute Gasteiger partial charge is 0.317 e. The molecule has 1 saturated heterocycles. The third kappa shape index (κ3) is 8.39. The second-order valence-corrected chi connectivity index (χ2v) is 7.85. The van der Waals surface area contributed by atoms with Gasteiger partial charge in [-0.15, -0.1) is 4.28 Å². The predicted octanol–water partition coefficient (Wildman–Crippen LogP) is 0.359. The SMILES string of the molecule is CCC[C@@H](C(=O)NOCC1(C)CCNCC1)N(CC)C(=O)NOS(=O)(=O)O. The highest BCUT2D eigenvalue weighted by Gasteiger charge is 2.31. The summed E-state index contributed by atoms with van der Waals surface area (Å²) < 4.78 is 33.6. The van der Waals surface area contributed by atoms with E-state index >= 15 is 0 Å². The summed E-state index contributed by atoms with van der Waals surface area (Å²) in [5, 5.41) is 3.27. The molecule has 0 spiro atoms. The van der Waals surface area contributed by atoms with E-state index in [0.29, 0.717) is 19.4 Å². The largest absolute Gasteiger partial charge is 0.418 e. The molecule has 1 rings (SSSR count). The van der Waals surface area contributed by atoms with Gasteiger partial charge in [-0.25, -0.2) is 10.3 Å². The first-order valence-corrected chi connectivity index (χ1v) is 10.3. The van der Waals surface area contributed by atoms with Gasteiger partial charge in [-0.3, -0.25) is 14.2 Å². The zero-order valence-corrected chi connectivity index (χ0v) is 16.8. The second-order valence-electron chi connectivity index (χ2n) is 6.82. The van der Waals surface area contributed by atoms with Crippen molar-refractivity contribution in [2.45, 2.75) is 52.5 Å². The molecule has 0 aromatic heterocycles. The van der Waals surface area contributed by atoms with Gasteiger partial charge in [0.15, 0.2) is 0 Å². The number of hydroxylamine groups is 2. The molecular formula is C15H30N4O7S. The van der Waals surface area contributed by atoms with Gasteiger partial charge in [0, 0.05) is 6.54 Å². The third-order valence-electron chi connectivity index (χ3n) is 4.48. The maximum Gasteiger partial charge on any atom is 0.418 e. The lowest BCUT2D eigenvalue weighted by Gasteiger charge is -2.34. The lowest BCUT2D eigenvalue weighted by atomic mass is 9.82. The Morgan fingerprint density at radius 2 is 1.89 bits per heavy atom. The number of likely N-dealkylation sites (N-methyl/N-ethyl adjacent to an activating group) is 1. The van der Waals surface area contributed by atoms with Crippen LogP contribution in [0.1, 0.15) is 46.5 Å². The first kappa shape index (κ1) is 23.6. The van der Waals surface area contributed by atoms with Crippen molar-refractivity contribution in [2.75, 3.05) is 26.2 Å². The molecule has 1 fully saturated rings. The summed E-state index contributed by atoms with van der Waals surface area (Å²) in [5.74, 6) is -0.516. The molecule has 12 heteroatoms. The Hall–Kier alpha value is -1.47. The van der Waals surface area contributed by atoms with E-state index in [1.165, 1.54) is 0 Å². The summed E-state index contributed by atoms with van der Waals surface area (Å²) in [6, 6.07) is -1.85. The molecule has 0 aromatic carbocycles. The summed E-state index contributed by atoms with van der Waals surface area (Å²) in [7, 11) is -4.84. The van der Waals surface area contributed by atoms with Gasteiger partial charge in [0.1, 0.15) is 6.04 Å². The van der Waals surface area contributed by atoms with Crippen molar-refractivity contribution in [3.05, 3.63) is 0 Å². The summed E-state index contributed by atoms with van der Waals surface area (Å²) >= 11 is 0. The standard InChI is InChI=1S/C15H30N4O7S/c1-4-6-12(19(5-2)14(21)18-26-27(22,23)24)13(20)17-25-11-15(3)7-9-16-10-8-15/h12,16H,4-11H2,1-3H3,(H,17,20)(H,18,21)(H,22,23,24)/t12-/m0/s1. The van der Waals surface area contributed by atoms with Crippen molar-refractivity contribution in [2.24, 2.45) is 5.41 Å². The van der Waals surface area contributed by atoms with Gasteiger partial charge in [-0.1, -0.05) is 20.3 Å². The van der Waals surface area contributed by atoms with E-state index in [2.05, 4.69) is 22.0 Å². The molecule has 0 saturated carbocycles. The molecule has 0 bridgehead atoms. The number of amides is 3. The van der Waals surface area contributed by atoms with E-state index in [0.717, 1.165) is 30.8 Å². The highest BCUT2D eigenvalue weighted by Crippen LogP contribution is 2.27. The van der Waals surface area contributed by atoms with E-state index in [1.54, 1.807) is 12.4 Å². The Morgan fingerprint density at radius 3 is 2.41 bits per heavy atom. The van der Waals surface area contributed by atoms with Crippen LogP contribution in [-0.2, 0) is 24.3 Å². The lowest BCUT2D eigenvalue weighted by molar-refractivity contribution is -0.142. The first-order chi connectivity index (χ1) is 12.6. The number of hydrogen-bond donors (Lipinski definition) is 4. The Bertz CT molecular complexity index is 593. The van der Waals surface area contributed by atoms with Crippen LogP contribution in [0.25, 0.3) is 0 Å². The second kappa shape index (κ2) is 10.8. The monoisotopic (exact) mass is 410 g/mol. The van der Waals surface area contributed by atoms with Crippen molar-refractivity contribution in [1.29, 1.82) is 0 Å². The van der Waals surface area contributed by atoms with E-state index in [1.807, 2.05) is 6.92 Å². The van der Waals surface area contributed by atoms with Gasteiger partial charge in [-0.05, 0) is 44.7 Å². The third-order valence-corrected chi connectivity index (χ3v) is 4.77. The molecule has 0 aromatic rings. The van der Waals surface area contributed by atoms with E-state index in [4.69, 9.17) is 9.39 Å². The molecule has 11 nitrogen and oxygen atoms in total. The van der Waals surface area contributed by atoms with Crippen molar-refractivity contribution < 1.29 is 31.7 Å². The van der Waals surface area contributed by atoms with Crippen LogP contribution in [0.3, 0.4) is 0 Å². The van der Waals surface area contributed by atoms with E-state index < -0.39 is 28.4 Å². The van der Waals surface area contributed by atoms with Crippen molar-refractivity contribution >= 4 is 22.3 Å². The fraction of sp³-hybridized carbons (Fsp3) is 0.867. The van der Waals surface area contributed by atoms with Gasteiger partial charge in [0.05, 0.1) is 6.61 Å². The molecule has 27 heavy (non-hydrogen) atoms. The summed E-state index contributed by atoms with van der Waals surface area (Å²) in [6.45, 7) is 7.80. The van der Waals surface area contributed by atoms with Crippen LogP contribution in [0.15, 0.2) is 0 Å². The van der Waals surface area contributed by atoms with Crippen LogP contribution in [-0.4, -0.2) is 62.1 Å². The fourth-order valence-corrected chi connectivity index (χ4v) is 3.06. The van der Waals surface area contributed by atoms with Crippen LogP contribution in [0, 0.1) is 5.41 Å². The number of nitrogens with one attached hydrogen (secondary N) is 3. The quantitative estimate of drug-likeness (QED) is 0.298. The molecular weight excluding hydrogens is 380 g/mol. The van der Waals surface area contributed by atoms with E-state index in [9.17, 15) is 18.0 Å². The minimum Gasteiger partial charge on any atom is -0.317 e. The lowest BCUT2D eigenvalue weighted by Crippen LogP contribution is -2.53. The highest BCUT2D eigenvalue weighted by atomic mass is 32.3. The zero-order valence-electron chi connectivity index (χ0n) is 16.0. The molecule has 158 valence electrons. The molecule has 0 radical (unpaired) electrons. The maximum atomic E-state index is 12.5. The maximum absolute atomic E-state index is 12.5. The number of nitrogens with zero attached hydrogens (tertiary/aromatic N) is 1. The zero-order chi connectivity index (χ0) is 20.5. The molecule has 1 heterocycles. The van der Waals surface area contributed by atoms with E-state index in [-0.39, 0.29) is 12.0 Å². The molecule has 0 aliphatic carbocycles. The predicted molar refractivity (Wildman–Crippen MR) is 96.5 cm³/mol. The molecule has 1 atom stereocenters. The minimum absolute atomic E-state index is 0.0378. The van der Waals surface area contributed by atoms with Gasteiger partial charge in [-0.2, -0.15) is 13.9 Å². The molecule has 1 aliphatic rings. The van der Waals surface area contributed by atoms with Crippen LogP contribution in [0.4, 0.5) is 4.79 Å². The van der Waals surface area contributed by atoms with Gasteiger partial charge in [0.2, 0.25) is 0 Å². The number of hydrogen-bond acceptors (Lipinski definition) is 7. The number of carbonyl (C=O) groups excluding carboxylic acids is 2. The summed E-state index contributed by atoms with van der Waals surface area (Å²) in [5.41, 5.74) is 3.96. The van der Waals surface area contributed by atoms with Crippen LogP contribution < -0.4 is 16.3 Å².